The number of hydrogen-bond acceptors (Lipinski definition) is 3. The third-order valence-electron chi connectivity index (χ3n) is 4.01. The maximum atomic E-state index is 12.3. The molecule has 0 radical (unpaired) electrons. The van der Waals surface area contributed by atoms with Crippen molar-refractivity contribution in [3.63, 3.8) is 0 Å². The predicted octanol–water partition coefficient (Wildman–Crippen LogP) is 2.65. The molecule has 21 heavy (non-hydrogen) atoms. The Morgan fingerprint density at radius 1 is 1.38 bits per heavy atom. The van der Waals surface area contributed by atoms with E-state index in [1.54, 1.807) is 11.8 Å². The summed E-state index contributed by atoms with van der Waals surface area (Å²) >= 11 is 1.58. The van der Waals surface area contributed by atoms with Gasteiger partial charge in [0.05, 0.1) is 0 Å². The molecule has 0 aliphatic carbocycles. The van der Waals surface area contributed by atoms with Gasteiger partial charge in [0.1, 0.15) is 5.54 Å². The van der Waals surface area contributed by atoms with Crippen LogP contribution in [-0.4, -0.2) is 34.0 Å². The van der Waals surface area contributed by atoms with Crippen molar-refractivity contribution in [1.29, 1.82) is 0 Å². The molecule has 1 aromatic carbocycles. The van der Waals surface area contributed by atoms with E-state index in [1.165, 1.54) is 0 Å². The van der Waals surface area contributed by atoms with Gasteiger partial charge in [-0.3, -0.25) is 4.79 Å². The summed E-state index contributed by atoms with van der Waals surface area (Å²) in [5.41, 5.74) is 0.0526. The van der Waals surface area contributed by atoms with Crippen LogP contribution in [0.25, 0.3) is 0 Å². The zero-order chi connectivity index (χ0) is 15.3. The summed E-state index contributed by atoms with van der Waals surface area (Å²) in [5, 5.41) is 12.2. The van der Waals surface area contributed by atoms with Gasteiger partial charge >= 0.3 is 5.97 Å². The molecule has 1 aliphatic heterocycles. The molecule has 4 nitrogen and oxygen atoms in total. The number of amides is 1. The van der Waals surface area contributed by atoms with E-state index >= 15 is 0 Å². The maximum Gasteiger partial charge on any atom is 0.330 e. The van der Waals surface area contributed by atoms with Crippen molar-refractivity contribution >= 4 is 23.6 Å². The summed E-state index contributed by atoms with van der Waals surface area (Å²) in [5.74, 6) is 0.272. The monoisotopic (exact) mass is 307 g/mol. The van der Waals surface area contributed by atoms with Crippen molar-refractivity contribution in [3.05, 3.63) is 35.9 Å². The van der Waals surface area contributed by atoms with Gasteiger partial charge < -0.3 is 10.4 Å². The van der Waals surface area contributed by atoms with Crippen LogP contribution < -0.4 is 5.32 Å². The first-order chi connectivity index (χ1) is 10.1. The highest BCUT2D eigenvalue weighted by Gasteiger charge is 2.43. The Hall–Kier alpha value is -1.49. The van der Waals surface area contributed by atoms with Gasteiger partial charge in [-0.2, -0.15) is 11.8 Å². The van der Waals surface area contributed by atoms with Crippen molar-refractivity contribution in [3.8, 4) is 0 Å². The molecule has 1 fully saturated rings. The number of carboxylic acids is 1. The Bertz CT molecular complexity index is 498. The van der Waals surface area contributed by atoms with Crippen molar-refractivity contribution in [2.24, 2.45) is 0 Å². The molecule has 1 aliphatic rings. The number of aliphatic carboxylic acids is 1. The molecule has 1 heterocycles. The number of hydrogen-bond donors (Lipinski definition) is 2. The Balaban J connectivity index is 2.01. The lowest BCUT2D eigenvalue weighted by Gasteiger charge is -2.26. The van der Waals surface area contributed by atoms with Crippen molar-refractivity contribution in [2.45, 2.75) is 37.6 Å². The summed E-state index contributed by atoms with van der Waals surface area (Å²) in [6.07, 6.45) is 1.69. The average molecular weight is 307 g/mol. The largest absolute Gasteiger partial charge is 0.479 e. The van der Waals surface area contributed by atoms with Gasteiger partial charge in [-0.15, -0.1) is 0 Å². The first-order valence-electron chi connectivity index (χ1n) is 7.24. The fourth-order valence-corrected chi connectivity index (χ4v) is 3.98. The Labute approximate surface area is 129 Å². The minimum atomic E-state index is -1.07. The lowest BCUT2D eigenvalue weighted by molar-refractivity contribution is -0.146. The zero-order valence-corrected chi connectivity index (χ0v) is 13.0. The van der Waals surface area contributed by atoms with Crippen molar-refractivity contribution in [1.82, 2.24) is 5.32 Å². The highest BCUT2D eigenvalue weighted by Crippen LogP contribution is 2.29. The maximum absolute atomic E-state index is 12.3. The quantitative estimate of drug-likeness (QED) is 0.848. The topological polar surface area (TPSA) is 66.4 Å². The standard InChI is InChI=1S/C16H21NO3S/c1-2-12(13-6-4-3-5-7-13)10-14(18)17-16(15(19)20)8-9-21-11-16/h3-7,12H,2,8-11H2,1H3,(H,17,18)(H,19,20). The molecule has 0 spiro atoms. The van der Waals surface area contributed by atoms with Gasteiger partial charge in [0.2, 0.25) is 5.91 Å². The van der Waals surface area contributed by atoms with E-state index in [1.807, 2.05) is 37.3 Å². The lowest BCUT2D eigenvalue weighted by atomic mass is 9.92. The minimum Gasteiger partial charge on any atom is -0.479 e. The Morgan fingerprint density at radius 3 is 2.62 bits per heavy atom. The van der Waals surface area contributed by atoms with Gasteiger partial charge in [0.25, 0.3) is 0 Å². The van der Waals surface area contributed by atoms with Gasteiger partial charge in [-0.1, -0.05) is 37.3 Å². The van der Waals surface area contributed by atoms with E-state index < -0.39 is 11.5 Å². The molecule has 0 aromatic heterocycles. The van der Waals surface area contributed by atoms with E-state index in [-0.39, 0.29) is 11.8 Å². The normalized spacial score (nSPS) is 22.7. The summed E-state index contributed by atoms with van der Waals surface area (Å²) in [6.45, 7) is 2.04. The molecule has 5 heteroatoms. The van der Waals surface area contributed by atoms with Gasteiger partial charge in [-0.05, 0) is 30.1 Å². The first kappa shape index (κ1) is 15.9. The lowest BCUT2D eigenvalue weighted by Crippen LogP contribution is -2.54. The molecule has 0 bridgehead atoms. The summed E-state index contributed by atoms with van der Waals surface area (Å²) < 4.78 is 0. The summed E-state index contributed by atoms with van der Waals surface area (Å²) in [6, 6.07) is 9.90. The second-order valence-electron chi connectivity index (χ2n) is 5.46. The highest BCUT2D eigenvalue weighted by atomic mass is 32.2. The van der Waals surface area contributed by atoms with Gasteiger partial charge in [0, 0.05) is 12.2 Å². The predicted molar refractivity (Wildman–Crippen MR) is 84.5 cm³/mol. The average Bonchev–Trinajstić information content (AvgIpc) is 2.95. The number of carbonyl (C=O) groups is 2. The smallest absolute Gasteiger partial charge is 0.330 e. The molecule has 0 saturated carbocycles. The Kier molecular flexibility index (Phi) is 5.28. The molecule has 114 valence electrons. The number of rotatable bonds is 6. The van der Waals surface area contributed by atoms with E-state index in [0.29, 0.717) is 18.6 Å². The van der Waals surface area contributed by atoms with Gasteiger partial charge in [0.15, 0.2) is 0 Å². The van der Waals surface area contributed by atoms with Crippen LogP contribution in [-0.2, 0) is 9.59 Å². The van der Waals surface area contributed by atoms with Crippen LogP contribution in [0.4, 0.5) is 0 Å². The molecule has 1 amide bonds. The molecule has 1 saturated heterocycles. The molecule has 2 rings (SSSR count). The third-order valence-corrected chi connectivity index (χ3v) is 5.20. The number of carboxylic acid groups (broad SMARTS) is 1. The van der Waals surface area contributed by atoms with Crippen LogP contribution in [0.5, 0.6) is 0 Å². The van der Waals surface area contributed by atoms with Crippen molar-refractivity contribution < 1.29 is 14.7 Å². The van der Waals surface area contributed by atoms with E-state index in [9.17, 15) is 14.7 Å². The van der Waals surface area contributed by atoms with Crippen LogP contribution in [0, 0.1) is 0 Å². The third kappa shape index (κ3) is 3.79. The molecular weight excluding hydrogens is 286 g/mol. The number of nitrogens with one attached hydrogen (secondary N) is 1. The Morgan fingerprint density at radius 2 is 2.10 bits per heavy atom. The fraction of sp³-hybridized carbons (Fsp3) is 0.500. The SMILES string of the molecule is CCC(CC(=O)NC1(C(=O)O)CCSC1)c1ccccc1. The number of benzene rings is 1. The molecule has 2 atom stereocenters. The summed E-state index contributed by atoms with van der Waals surface area (Å²) in [4.78, 5) is 23.7. The number of carbonyl (C=O) groups excluding carboxylic acids is 1. The van der Waals surface area contributed by atoms with Crippen LogP contribution in [0.15, 0.2) is 30.3 Å². The van der Waals surface area contributed by atoms with E-state index in [4.69, 9.17) is 0 Å². The minimum absolute atomic E-state index is 0.131. The molecular formula is C16H21NO3S. The first-order valence-corrected chi connectivity index (χ1v) is 8.40. The fourth-order valence-electron chi connectivity index (χ4n) is 2.65. The molecule has 2 unspecified atom stereocenters. The molecule has 1 aromatic rings. The van der Waals surface area contributed by atoms with Crippen molar-refractivity contribution in [2.75, 3.05) is 11.5 Å². The second kappa shape index (κ2) is 6.98. The zero-order valence-electron chi connectivity index (χ0n) is 12.2. The highest BCUT2D eigenvalue weighted by molar-refractivity contribution is 7.99. The molecule has 2 N–H and O–H groups in total. The van der Waals surface area contributed by atoms with Crippen LogP contribution in [0.2, 0.25) is 0 Å². The van der Waals surface area contributed by atoms with E-state index in [0.717, 1.165) is 17.7 Å². The van der Waals surface area contributed by atoms with Crippen LogP contribution >= 0.6 is 11.8 Å². The summed E-state index contributed by atoms with van der Waals surface area (Å²) in [7, 11) is 0. The number of thioether (sulfide) groups is 1. The second-order valence-corrected chi connectivity index (χ2v) is 6.56. The van der Waals surface area contributed by atoms with Crippen LogP contribution in [0.3, 0.4) is 0 Å². The van der Waals surface area contributed by atoms with Crippen LogP contribution in [0.1, 0.15) is 37.7 Å². The van der Waals surface area contributed by atoms with E-state index in [2.05, 4.69) is 5.32 Å². The van der Waals surface area contributed by atoms with Gasteiger partial charge in [-0.25, -0.2) is 4.79 Å².